The zero-order chi connectivity index (χ0) is 18.4. The van der Waals surface area contributed by atoms with Gasteiger partial charge in [0.2, 0.25) is 0 Å². The van der Waals surface area contributed by atoms with Crippen LogP contribution in [-0.2, 0) is 13.1 Å². The molecule has 1 aliphatic rings. The molecule has 134 valence electrons. The fourth-order valence-corrected chi connectivity index (χ4v) is 3.65. The maximum absolute atomic E-state index is 13.1. The van der Waals surface area contributed by atoms with Crippen molar-refractivity contribution in [3.05, 3.63) is 88.0 Å². The Labute approximate surface area is 154 Å². The number of ether oxygens (including phenoxy) is 1. The van der Waals surface area contributed by atoms with Gasteiger partial charge in [-0.15, -0.1) is 0 Å². The molecule has 5 heteroatoms. The lowest BCUT2D eigenvalue weighted by Gasteiger charge is -2.29. The molecule has 0 aliphatic carbocycles. The molecule has 0 atom stereocenters. The van der Waals surface area contributed by atoms with Crippen LogP contribution in [0.15, 0.2) is 69.9 Å². The van der Waals surface area contributed by atoms with Crippen molar-refractivity contribution in [3.63, 3.8) is 0 Å². The molecule has 0 unspecified atom stereocenters. The van der Waals surface area contributed by atoms with Crippen molar-refractivity contribution in [2.75, 3.05) is 6.73 Å². The van der Waals surface area contributed by atoms with Crippen LogP contribution in [-0.4, -0.2) is 11.6 Å². The molecule has 2 heterocycles. The Morgan fingerprint density at radius 2 is 1.70 bits per heavy atom. The van der Waals surface area contributed by atoms with Gasteiger partial charge in [0.05, 0.1) is 10.9 Å². The minimum absolute atomic E-state index is 0.251. The minimum atomic E-state index is -0.345. The first-order valence-electron chi connectivity index (χ1n) is 8.76. The molecule has 0 fully saturated rings. The topological polar surface area (TPSA) is 42.7 Å². The summed E-state index contributed by atoms with van der Waals surface area (Å²) >= 11 is 0. The third kappa shape index (κ3) is 2.76. The Kier molecular flexibility index (Phi) is 3.69. The van der Waals surface area contributed by atoms with Gasteiger partial charge in [-0.2, -0.15) is 0 Å². The molecule has 0 radical (unpaired) electrons. The highest BCUT2D eigenvalue weighted by Crippen LogP contribution is 2.34. The number of rotatable bonds is 2. The van der Waals surface area contributed by atoms with Crippen molar-refractivity contribution in [1.82, 2.24) is 4.90 Å². The molecule has 4 aromatic rings. The predicted molar refractivity (Wildman–Crippen MR) is 101 cm³/mol. The Morgan fingerprint density at radius 3 is 2.52 bits per heavy atom. The molecule has 5 rings (SSSR count). The van der Waals surface area contributed by atoms with Crippen LogP contribution < -0.4 is 10.4 Å². The average molecular weight is 361 g/mol. The van der Waals surface area contributed by atoms with Gasteiger partial charge in [0.1, 0.15) is 23.9 Å². The van der Waals surface area contributed by atoms with Gasteiger partial charge in [-0.1, -0.05) is 30.3 Å². The first kappa shape index (κ1) is 16.0. The first-order valence-corrected chi connectivity index (χ1v) is 8.76. The standard InChI is InChI=1S/C22H16FNO3/c23-15-7-5-14(6-8-15)11-24-12-19-20(26-13-24)10-9-17-16-3-1-2-4-18(16)22(25)27-21(17)19/h1-10H,11-13H2. The van der Waals surface area contributed by atoms with E-state index in [1.165, 1.54) is 12.1 Å². The summed E-state index contributed by atoms with van der Waals surface area (Å²) in [5.74, 6) is 0.481. The van der Waals surface area contributed by atoms with Crippen molar-refractivity contribution in [3.8, 4) is 5.75 Å². The van der Waals surface area contributed by atoms with E-state index < -0.39 is 0 Å². The third-order valence-electron chi connectivity index (χ3n) is 4.95. The molecule has 0 N–H and O–H groups in total. The van der Waals surface area contributed by atoms with E-state index in [4.69, 9.17) is 9.15 Å². The molecule has 0 bridgehead atoms. The van der Waals surface area contributed by atoms with E-state index in [0.717, 1.165) is 27.6 Å². The highest BCUT2D eigenvalue weighted by Gasteiger charge is 2.22. The Bertz CT molecular complexity index is 1210. The molecule has 0 saturated carbocycles. The quantitative estimate of drug-likeness (QED) is 0.391. The van der Waals surface area contributed by atoms with Gasteiger partial charge >= 0.3 is 5.63 Å². The highest BCUT2D eigenvalue weighted by atomic mass is 19.1. The Hall–Kier alpha value is -3.18. The van der Waals surface area contributed by atoms with Crippen molar-refractivity contribution >= 4 is 21.7 Å². The lowest BCUT2D eigenvalue weighted by molar-refractivity contribution is 0.0889. The zero-order valence-electron chi connectivity index (χ0n) is 14.4. The maximum atomic E-state index is 13.1. The summed E-state index contributed by atoms with van der Waals surface area (Å²) in [7, 11) is 0. The number of benzene rings is 3. The van der Waals surface area contributed by atoms with E-state index in [-0.39, 0.29) is 11.4 Å². The summed E-state index contributed by atoms with van der Waals surface area (Å²) in [5, 5.41) is 2.35. The molecule has 3 aromatic carbocycles. The van der Waals surface area contributed by atoms with Crippen LogP contribution >= 0.6 is 0 Å². The van der Waals surface area contributed by atoms with Crippen LogP contribution in [0.3, 0.4) is 0 Å². The second-order valence-corrected chi connectivity index (χ2v) is 6.74. The molecule has 0 saturated heterocycles. The average Bonchev–Trinajstić information content (AvgIpc) is 2.70. The Balaban J connectivity index is 1.58. The van der Waals surface area contributed by atoms with Gasteiger partial charge in [-0.3, -0.25) is 4.90 Å². The largest absolute Gasteiger partial charge is 0.478 e. The van der Waals surface area contributed by atoms with Crippen LogP contribution in [0, 0.1) is 5.82 Å². The fourth-order valence-electron chi connectivity index (χ4n) is 3.65. The smallest absolute Gasteiger partial charge is 0.344 e. The fraction of sp³-hybridized carbons (Fsp3) is 0.136. The van der Waals surface area contributed by atoms with Crippen molar-refractivity contribution in [1.29, 1.82) is 0 Å². The monoisotopic (exact) mass is 361 g/mol. The lowest BCUT2D eigenvalue weighted by Crippen LogP contribution is -2.31. The van der Waals surface area contributed by atoms with E-state index in [2.05, 4.69) is 4.90 Å². The van der Waals surface area contributed by atoms with Gasteiger partial charge in [0, 0.05) is 18.5 Å². The SMILES string of the molecule is O=c1oc2c3c(ccc2c2ccccc12)OCN(Cc1ccc(F)cc1)C3. The van der Waals surface area contributed by atoms with E-state index in [9.17, 15) is 9.18 Å². The van der Waals surface area contributed by atoms with E-state index in [1.807, 2.05) is 30.3 Å². The van der Waals surface area contributed by atoms with Crippen LogP contribution in [0.1, 0.15) is 11.1 Å². The van der Waals surface area contributed by atoms with Gasteiger partial charge < -0.3 is 9.15 Å². The molecule has 0 amide bonds. The van der Waals surface area contributed by atoms with Crippen LogP contribution in [0.2, 0.25) is 0 Å². The maximum Gasteiger partial charge on any atom is 0.344 e. The summed E-state index contributed by atoms with van der Waals surface area (Å²) < 4.78 is 24.7. The number of hydrogen-bond acceptors (Lipinski definition) is 4. The van der Waals surface area contributed by atoms with E-state index in [0.29, 0.717) is 30.8 Å². The normalized spacial score (nSPS) is 14.3. The molecule has 27 heavy (non-hydrogen) atoms. The number of fused-ring (bicyclic) bond motifs is 5. The number of nitrogens with zero attached hydrogens (tertiary/aromatic N) is 1. The van der Waals surface area contributed by atoms with Gasteiger partial charge in [0.15, 0.2) is 0 Å². The summed E-state index contributed by atoms with van der Waals surface area (Å²) in [6, 6.07) is 17.8. The van der Waals surface area contributed by atoms with E-state index in [1.54, 1.807) is 18.2 Å². The predicted octanol–water partition coefficient (Wildman–Crippen LogP) is 4.44. The summed E-state index contributed by atoms with van der Waals surface area (Å²) in [5.41, 5.74) is 2.08. The molecule has 4 nitrogen and oxygen atoms in total. The van der Waals surface area contributed by atoms with Crippen molar-refractivity contribution in [2.24, 2.45) is 0 Å². The number of hydrogen-bond donors (Lipinski definition) is 0. The van der Waals surface area contributed by atoms with E-state index >= 15 is 0 Å². The van der Waals surface area contributed by atoms with Gasteiger partial charge in [0.25, 0.3) is 0 Å². The zero-order valence-corrected chi connectivity index (χ0v) is 14.4. The van der Waals surface area contributed by atoms with Gasteiger partial charge in [-0.05, 0) is 41.3 Å². The van der Waals surface area contributed by atoms with Crippen LogP contribution in [0.25, 0.3) is 21.7 Å². The second kappa shape index (κ2) is 6.21. The molecular formula is C22H16FNO3. The first-order chi connectivity index (χ1) is 13.2. The Morgan fingerprint density at radius 1 is 0.926 bits per heavy atom. The number of halogens is 1. The molecule has 0 spiro atoms. The van der Waals surface area contributed by atoms with Crippen molar-refractivity contribution in [2.45, 2.75) is 13.1 Å². The van der Waals surface area contributed by atoms with Gasteiger partial charge in [-0.25, -0.2) is 9.18 Å². The summed E-state index contributed by atoms with van der Waals surface area (Å²) in [6.45, 7) is 1.63. The molecule has 1 aliphatic heterocycles. The lowest BCUT2D eigenvalue weighted by atomic mass is 10.0. The summed E-state index contributed by atoms with van der Waals surface area (Å²) in [4.78, 5) is 14.5. The van der Waals surface area contributed by atoms with Crippen LogP contribution in [0.5, 0.6) is 5.75 Å². The van der Waals surface area contributed by atoms with Crippen molar-refractivity contribution < 1.29 is 13.5 Å². The highest BCUT2D eigenvalue weighted by molar-refractivity contribution is 6.05. The third-order valence-corrected chi connectivity index (χ3v) is 4.95. The minimum Gasteiger partial charge on any atom is -0.478 e. The molecular weight excluding hydrogens is 345 g/mol. The molecule has 1 aromatic heterocycles. The van der Waals surface area contributed by atoms with Crippen LogP contribution in [0.4, 0.5) is 4.39 Å². The second-order valence-electron chi connectivity index (χ2n) is 6.74. The summed E-state index contributed by atoms with van der Waals surface area (Å²) in [6.07, 6.45) is 0.